The largest absolute Gasteiger partial charge is 0.311 e. The Morgan fingerprint density at radius 2 is 1.90 bits per heavy atom. The Morgan fingerprint density at radius 3 is 2.71 bits per heavy atom. The molecule has 3 rings (SSSR count). The Morgan fingerprint density at radius 1 is 1.10 bits per heavy atom. The van der Waals surface area contributed by atoms with Crippen molar-refractivity contribution in [2.45, 2.75) is 45.1 Å². The lowest BCUT2D eigenvalue weighted by Gasteiger charge is -2.08. The maximum absolute atomic E-state index is 4.61. The summed E-state index contributed by atoms with van der Waals surface area (Å²) < 4.78 is 1.94. The van der Waals surface area contributed by atoms with Crippen molar-refractivity contribution in [3.05, 3.63) is 48.3 Å². The number of benzene rings is 1. The van der Waals surface area contributed by atoms with Crippen LogP contribution in [0.25, 0.3) is 5.69 Å². The third-order valence-corrected chi connectivity index (χ3v) is 4.41. The number of nitrogens with one attached hydrogen (secondary N) is 1. The molecule has 0 spiro atoms. The average Bonchev–Trinajstić information content (AvgIpc) is 3.19. The third kappa shape index (κ3) is 4.18. The van der Waals surface area contributed by atoms with Gasteiger partial charge < -0.3 is 5.32 Å². The Hall–Kier alpha value is -1.61. The minimum atomic E-state index is 0.866. The zero-order valence-corrected chi connectivity index (χ0v) is 12.7. The quantitative estimate of drug-likeness (QED) is 0.780. The van der Waals surface area contributed by atoms with Gasteiger partial charge in [0, 0.05) is 12.7 Å². The molecule has 0 unspecified atom stereocenters. The van der Waals surface area contributed by atoms with Crippen LogP contribution in [0.15, 0.2) is 42.6 Å². The number of aromatic nitrogens is 2. The van der Waals surface area contributed by atoms with E-state index in [1.54, 1.807) is 0 Å². The van der Waals surface area contributed by atoms with E-state index < -0.39 is 0 Å². The van der Waals surface area contributed by atoms with E-state index in [2.05, 4.69) is 28.6 Å². The second kappa shape index (κ2) is 7.41. The standard InChI is InChI=1S/C18H25N3/c1-2-10-18(11-3-1)21-14-12-17(20-21)15-19-13-6-9-16-7-4-5-8-16/h1-3,10-12,14,16,19H,4-9,13,15H2. The molecule has 0 atom stereocenters. The molecule has 0 aliphatic heterocycles. The summed E-state index contributed by atoms with van der Waals surface area (Å²) in [7, 11) is 0. The molecule has 1 fully saturated rings. The highest BCUT2D eigenvalue weighted by Crippen LogP contribution is 2.28. The van der Waals surface area contributed by atoms with E-state index in [1.807, 2.05) is 29.1 Å². The van der Waals surface area contributed by atoms with Gasteiger partial charge >= 0.3 is 0 Å². The molecule has 0 radical (unpaired) electrons. The van der Waals surface area contributed by atoms with E-state index in [4.69, 9.17) is 0 Å². The van der Waals surface area contributed by atoms with Crippen molar-refractivity contribution >= 4 is 0 Å². The Balaban J connectivity index is 1.39. The van der Waals surface area contributed by atoms with Gasteiger partial charge in [0.1, 0.15) is 0 Å². The number of para-hydroxylation sites is 1. The van der Waals surface area contributed by atoms with E-state index >= 15 is 0 Å². The molecule has 1 N–H and O–H groups in total. The first-order chi connectivity index (χ1) is 10.4. The second-order valence-electron chi connectivity index (χ2n) is 6.06. The fourth-order valence-corrected chi connectivity index (χ4v) is 3.21. The second-order valence-corrected chi connectivity index (χ2v) is 6.06. The van der Waals surface area contributed by atoms with Crippen LogP contribution >= 0.6 is 0 Å². The summed E-state index contributed by atoms with van der Waals surface area (Å²) in [5.74, 6) is 1.00. The Labute approximate surface area is 127 Å². The maximum atomic E-state index is 4.61. The molecule has 1 aromatic heterocycles. The molecule has 112 valence electrons. The molecular weight excluding hydrogens is 258 g/mol. The van der Waals surface area contributed by atoms with Crippen LogP contribution in [-0.4, -0.2) is 16.3 Å². The molecule has 21 heavy (non-hydrogen) atoms. The van der Waals surface area contributed by atoms with Gasteiger partial charge in [-0.1, -0.05) is 43.9 Å². The van der Waals surface area contributed by atoms with Crippen molar-refractivity contribution in [2.75, 3.05) is 6.54 Å². The fourth-order valence-electron chi connectivity index (χ4n) is 3.21. The van der Waals surface area contributed by atoms with Crippen LogP contribution in [0.2, 0.25) is 0 Å². The van der Waals surface area contributed by atoms with Gasteiger partial charge in [-0.3, -0.25) is 0 Å². The number of hydrogen-bond donors (Lipinski definition) is 1. The van der Waals surface area contributed by atoms with Gasteiger partial charge in [0.25, 0.3) is 0 Å². The molecule has 3 heteroatoms. The number of rotatable bonds is 7. The van der Waals surface area contributed by atoms with Crippen molar-refractivity contribution < 1.29 is 0 Å². The smallest absolute Gasteiger partial charge is 0.0766 e. The van der Waals surface area contributed by atoms with Crippen LogP contribution in [0.1, 0.15) is 44.2 Å². The molecule has 1 heterocycles. The zero-order valence-electron chi connectivity index (χ0n) is 12.7. The minimum Gasteiger partial charge on any atom is -0.311 e. The SMILES string of the molecule is c1ccc(-n2ccc(CNCCCC3CCCC3)n2)cc1. The molecule has 1 aliphatic carbocycles. The monoisotopic (exact) mass is 283 g/mol. The predicted molar refractivity (Wildman–Crippen MR) is 86.5 cm³/mol. The summed E-state index contributed by atoms with van der Waals surface area (Å²) in [6.07, 6.45) is 10.5. The summed E-state index contributed by atoms with van der Waals surface area (Å²) in [5.41, 5.74) is 2.23. The van der Waals surface area contributed by atoms with Crippen molar-refractivity contribution in [1.29, 1.82) is 0 Å². The number of nitrogens with zero attached hydrogens (tertiary/aromatic N) is 2. The van der Waals surface area contributed by atoms with E-state index in [0.717, 1.165) is 30.4 Å². The van der Waals surface area contributed by atoms with Gasteiger partial charge in [0.05, 0.1) is 11.4 Å². The topological polar surface area (TPSA) is 29.9 Å². The van der Waals surface area contributed by atoms with Crippen LogP contribution in [0.3, 0.4) is 0 Å². The summed E-state index contributed by atoms with van der Waals surface area (Å²) in [5, 5.41) is 8.12. The van der Waals surface area contributed by atoms with Gasteiger partial charge in [-0.05, 0) is 43.5 Å². The van der Waals surface area contributed by atoms with Gasteiger partial charge in [-0.15, -0.1) is 0 Å². The molecule has 1 aromatic carbocycles. The van der Waals surface area contributed by atoms with Crippen LogP contribution in [0, 0.1) is 5.92 Å². The molecule has 3 nitrogen and oxygen atoms in total. The van der Waals surface area contributed by atoms with Gasteiger partial charge in [-0.25, -0.2) is 4.68 Å². The lowest BCUT2D eigenvalue weighted by Crippen LogP contribution is -2.16. The highest BCUT2D eigenvalue weighted by Gasteiger charge is 2.13. The minimum absolute atomic E-state index is 0.866. The van der Waals surface area contributed by atoms with Crippen LogP contribution in [0.4, 0.5) is 0 Å². The molecule has 1 saturated carbocycles. The first-order valence-electron chi connectivity index (χ1n) is 8.22. The molecule has 1 aliphatic rings. The van der Waals surface area contributed by atoms with Crippen molar-refractivity contribution in [3.63, 3.8) is 0 Å². The third-order valence-electron chi connectivity index (χ3n) is 4.41. The highest BCUT2D eigenvalue weighted by atomic mass is 15.3. The lowest BCUT2D eigenvalue weighted by molar-refractivity contribution is 0.469. The summed E-state index contributed by atoms with van der Waals surface area (Å²) in [6, 6.07) is 12.4. The molecule has 2 aromatic rings. The highest BCUT2D eigenvalue weighted by molar-refractivity contribution is 5.30. The van der Waals surface area contributed by atoms with Crippen molar-refractivity contribution in [2.24, 2.45) is 5.92 Å². The summed E-state index contributed by atoms with van der Waals surface area (Å²) in [6.45, 7) is 1.97. The summed E-state index contributed by atoms with van der Waals surface area (Å²) in [4.78, 5) is 0. The first kappa shape index (κ1) is 14.3. The van der Waals surface area contributed by atoms with E-state index in [9.17, 15) is 0 Å². The Kier molecular flexibility index (Phi) is 5.06. The number of hydrogen-bond acceptors (Lipinski definition) is 2. The molecule has 0 bridgehead atoms. The molecule has 0 saturated heterocycles. The predicted octanol–water partition coefficient (Wildman–Crippen LogP) is 3.93. The first-order valence-corrected chi connectivity index (χ1v) is 8.22. The van der Waals surface area contributed by atoms with E-state index in [0.29, 0.717) is 0 Å². The van der Waals surface area contributed by atoms with Gasteiger partial charge in [0.15, 0.2) is 0 Å². The fraction of sp³-hybridized carbons (Fsp3) is 0.500. The lowest BCUT2D eigenvalue weighted by atomic mass is 10.0. The van der Waals surface area contributed by atoms with E-state index in [1.165, 1.54) is 38.5 Å². The van der Waals surface area contributed by atoms with Gasteiger partial charge in [0.2, 0.25) is 0 Å². The normalized spacial score (nSPS) is 15.6. The average molecular weight is 283 g/mol. The van der Waals surface area contributed by atoms with Crippen LogP contribution < -0.4 is 5.32 Å². The maximum Gasteiger partial charge on any atom is 0.0766 e. The summed E-state index contributed by atoms with van der Waals surface area (Å²) >= 11 is 0. The Bertz CT molecular complexity index is 526. The van der Waals surface area contributed by atoms with Crippen LogP contribution in [-0.2, 0) is 6.54 Å². The van der Waals surface area contributed by atoms with Crippen molar-refractivity contribution in [1.82, 2.24) is 15.1 Å². The van der Waals surface area contributed by atoms with Crippen LogP contribution in [0.5, 0.6) is 0 Å². The van der Waals surface area contributed by atoms with Crippen molar-refractivity contribution in [3.8, 4) is 5.69 Å². The molecular formula is C18H25N3. The van der Waals surface area contributed by atoms with Gasteiger partial charge in [-0.2, -0.15) is 5.10 Å². The zero-order chi connectivity index (χ0) is 14.3. The molecule has 0 amide bonds. The van der Waals surface area contributed by atoms with E-state index in [-0.39, 0.29) is 0 Å².